The van der Waals surface area contributed by atoms with Crippen molar-refractivity contribution in [3.63, 3.8) is 0 Å². The largest absolute Gasteiger partial charge is 0.331 e. The maximum atomic E-state index is 13.4. The van der Waals surface area contributed by atoms with Crippen LogP contribution in [0, 0.1) is 13.8 Å². The van der Waals surface area contributed by atoms with E-state index in [2.05, 4.69) is 4.98 Å². The zero-order valence-electron chi connectivity index (χ0n) is 17.8. The Kier molecular flexibility index (Phi) is 4.27. The normalized spacial score (nSPS) is 12.1. The molecular formula is C24H22N4O2S. The van der Waals surface area contributed by atoms with E-state index in [0.29, 0.717) is 5.52 Å². The number of benzene rings is 3. The number of hydrogen-bond acceptors (Lipinski definition) is 4. The predicted molar refractivity (Wildman–Crippen MR) is 122 cm³/mol. The number of imidazole rings is 2. The molecule has 7 heteroatoms. The van der Waals surface area contributed by atoms with E-state index in [-0.39, 0.29) is 9.79 Å². The molecule has 5 aromatic rings. The van der Waals surface area contributed by atoms with Crippen LogP contribution in [-0.4, -0.2) is 27.5 Å². The molecular weight excluding hydrogens is 408 g/mol. The van der Waals surface area contributed by atoms with Crippen molar-refractivity contribution in [1.82, 2.24) is 19.1 Å². The third-order valence-electron chi connectivity index (χ3n) is 5.86. The summed E-state index contributed by atoms with van der Waals surface area (Å²) in [6.45, 7) is 3.94. The van der Waals surface area contributed by atoms with Crippen LogP contribution in [0.25, 0.3) is 33.5 Å². The number of fused-ring (bicyclic) bond motifs is 2. The van der Waals surface area contributed by atoms with Gasteiger partial charge in [0.15, 0.2) is 0 Å². The summed E-state index contributed by atoms with van der Waals surface area (Å²) >= 11 is 0. The van der Waals surface area contributed by atoms with Crippen LogP contribution in [0.4, 0.5) is 0 Å². The molecule has 0 aliphatic heterocycles. The van der Waals surface area contributed by atoms with Crippen molar-refractivity contribution in [2.45, 2.75) is 23.6 Å². The Morgan fingerprint density at radius 3 is 2.13 bits per heavy atom. The van der Waals surface area contributed by atoms with Gasteiger partial charge in [0.2, 0.25) is 9.84 Å². The van der Waals surface area contributed by atoms with Crippen LogP contribution in [0.2, 0.25) is 0 Å². The van der Waals surface area contributed by atoms with E-state index in [9.17, 15) is 8.42 Å². The third-order valence-corrected chi connectivity index (χ3v) is 7.61. The molecule has 0 aliphatic carbocycles. The first-order valence-electron chi connectivity index (χ1n) is 9.97. The maximum Gasteiger partial charge on any atom is 0.206 e. The fourth-order valence-electron chi connectivity index (χ4n) is 3.90. The minimum Gasteiger partial charge on any atom is -0.331 e. The molecule has 0 atom stereocenters. The first kappa shape index (κ1) is 19.5. The predicted octanol–water partition coefficient (Wildman–Crippen LogP) is 4.58. The van der Waals surface area contributed by atoms with Crippen molar-refractivity contribution in [3.05, 3.63) is 72.1 Å². The maximum absolute atomic E-state index is 13.4. The van der Waals surface area contributed by atoms with Crippen LogP contribution >= 0.6 is 0 Å². The van der Waals surface area contributed by atoms with Gasteiger partial charge in [-0.15, -0.1) is 0 Å². The molecule has 0 unspecified atom stereocenters. The molecule has 0 spiro atoms. The van der Waals surface area contributed by atoms with Gasteiger partial charge in [0.05, 0.1) is 31.9 Å². The highest BCUT2D eigenvalue weighted by atomic mass is 32.2. The Hall–Kier alpha value is -3.45. The highest BCUT2D eigenvalue weighted by Crippen LogP contribution is 2.29. The molecule has 0 saturated heterocycles. The van der Waals surface area contributed by atoms with E-state index in [4.69, 9.17) is 4.98 Å². The molecule has 156 valence electrons. The molecule has 2 heterocycles. The molecule has 0 saturated carbocycles. The topological polar surface area (TPSA) is 69.8 Å². The monoisotopic (exact) mass is 430 g/mol. The number of nitrogens with zero attached hydrogens (tertiary/aromatic N) is 4. The summed E-state index contributed by atoms with van der Waals surface area (Å²) in [4.78, 5) is 9.66. The number of aryl methyl sites for hydroxylation is 4. The molecule has 0 bridgehead atoms. The molecule has 0 amide bonds. The number of sulfone groups is 1. The van der Waals surface area contributed by atoms with Gasteiger partial charge < -0.3 is 9.13 Å². The smallest absolute Gasteiger partial charge is 0.206 e. The van der Waals surface area contributed by atoms with Gasteiger partial charge in [-0.05, 0) is 50.2 Å². The molecule has 6 nitrogen and oxygen atoms in total. The highest BCUT2D eigenvalue weighted by Gasteiger charge is 2.21. The highest BCUT2D eigenvalue weighted by molar-refractivity contribution is 7.91. The Bertz CT molecular complexity index is 1580. The fourth-order valence-corrected chi connectivity index (χ4v) is 5.20. The summed E-state index contributed by atoms with van der Waals surface area (Å²) in [5.74, 6) is 1.64. The Morgan fingerprint density at radius 1 is 0.710 bits per heavy atom. The van der Waals surface area contributed by atoms with E-state index in [0.717, 1.165) is 33.8 Å². The van der Waals surface area contributed by atoms with E-state index in [1.807, 2.05) is 61.3 Å². The van der Waals surface area contributed by atoms with Gasteiger partial charge in [-0.2, -0.15) is 0 Å². The molecule has 2 aromatic heterocycles. The lowest BCUT2D eigenvalue weighted by molar-refractivity contribution is 0.596. The van der Waals surface area contributed by atoms with E-state index >= 15 is 0 Å². The third kappa shape index (κ3) is 3.04. The SMILES string of the molecule is Cc1ccc(-c2nc3ccc(S(=O)(=O)c4ccc5c(c4)nc(C)n5C)cc3n2C)cc1. The van der Waals surface area contributed by atoms with Crippen molar-refractivity contribution >= 4 is 31.9 Å². The van der Waals surface area contributed by atoms with Gasteiger partial charge in [0.25, 0.3) is 0 Å². The van der Waals surface area contributed by atoms with Crippen molar-refractivity contribution < 1.29 is 8.42 Å². The molecule has 5 rings (SSSR count). The van der Waals surface area contributed by atoms with Crippen LogP contribution in [0.5, 0.6) is 0 Å². The molecule has 0 radical (unpaired) electrons. The zero-order chi connectivity index (χ0) is 21.9. The van der Waals surface area contributed by atoms with Gasteiger partial charge in [-0.25, -0.2) is 18.4 Å². The number of rotatable bonds is 3. The second-order valence-electron chi connectivity index (χ2n) is 7.88. The first-order chi connectivity index (χ1) is 14.8. The van der Waals surface area contributed by atoms with Crippen molar-refractivity contribution in [2.75, 3.05) is 0 Å². The Balaban J connectivity index is 1.62. The summed E-state index contributed by atoms with van der Waals surface area (Å²) in [5.41, 5.74) is 5.27. The molecule has 0 aliphatic rings. The average Bonchev–Trinajstić information content (AvgIpc) is 3.24. The lowest BCUT2D eigenvalue weighted by Crippen LogP contribution is -2.02. The summed E-state index contributed by atoms with van der Waals surface area (Å²) in [6, 6.07) is 18.3. The van der Waals surface area contributed by atoms with Crippen LogP contribution in [-0.2, 0) is 23.9 Å². The van der Waals surface area contributed by atoms with Crippen molar-refractivity contribution in [3.8, 4) is 11.4 Å². The summed E-state index contributed by atoms with van der Waals surface area (Å²) in [7, 11) is 0.130. The molecule has 0 N–H and O–H groups in total. The zero-order valence-corrected chi connectivity index (χ0v) is 18.6. The minimum absolute atomic E-state index is 0.235. The van der Waals surface area contributed by atoms with Crippen molar-refractivity contribution in [2.24, 2.45) is 14.1 Å². The number of hydrogen-bond donors (Lipinski definition) is 0. The molecule has 0 fully saturated rings. The standard InChI is InChI=1S/C24H22N4O2S/c1-15-5-7-17(8-6-15)24-26-20-11-9-19(14-23(20)28(24)4)31(29,30)18-10-12-22-21(13-18)25-16(2)27(22)3/h5-14H,1-4H3. The number of aromatic nitrogens is 4. The average molecular weight is 431 g/mol. The Morgan fingerprint density at radius 2 is 1.39 bits per heavy atom. The van der Waals surface area contributed by atoms with Crippen LogP contribution < -0.4 is 0 Å². The summed E-state index contributed by atoms with van der Waals surface area (Å²) in [5, 5.41) is 0. The van der Waals surface area contributed by atoms with Crippen LogP contribution in [0.3, 0.4) is 0 Å². The van der Waals surface area contributed by atoms with Crippen LogP contribution in [0.1, 0.15) is 11.4 Å². The Labute approximate surface area is 180 Å². The van der Waals surface area contributed by atoms with Gasteiger partial charge in [0, 0.05) is 19.7 Å². The van der Waals surface area contributed by atoms with Crippen molar-refractivity contribution in [1.29, 1.82) is 0 Å². The van der Waals surface area contributed by atoms with E-state index < -0.39 is 9.84 Å². The summed E-state index contributed by atoms with van der Waals surface area (Å²) in [6.07, 6.45) is 0. The lowest BCUT2D eigenvalue weighted by Gasteiger charge is -2.07. The van der Waals surface area contributed by atoms with Gasteiger partial charge in [0.1, 0.15) is 11.6 Å². The van der Waals surface area contributed by atoms with Gasteiger partial charge >= 0.3 is 0 Å². The quantitative estimate of drug-likeness (QED) is 0.420. The molecule has 31 heavy (non-hydrogen) atoms. The fraction of sp³-hybridized carbons (Fsp3) is 0.167. The summed E-state index contributed by atoms with van der Waals surface area (Å²) < 4.78 is 30.6. The van der Waals surface area contributed by atoms with Gasteiger partial charge in [-0.3, -0.25) is 0 Å². The first-order valence-corrected chi connectivity index (χ1v) is 11.5. The lowest BCUT2D eigenvalue weighted by atomic mass is 10.1. The minimum atomic E-state index is -3.69. The molecule has 3 aromatic carbocycles. The van der Waals surface area contributed by atoms with E-state index in [1.54, 1.807) is 36.4 Å². The van der Waals surface area contributed by atoms with E-state index in [1.165, 1.54) is 5.56 Å². The second-order valence-corrected chi connectivity index (χ2v) is 9.83. The van der Waals surface area contributed by atoms with Crippen LogP contribution in [0.15, 0.2) is 70.5 Å². The second kappa shape index (κ2) is 6.78. The van der Waals surface area contributed by atoms with Gasteiger partial charge in [-0.1, -0.05) is 29.8 Å².